The maximum atomic E-state index is 13.1. The van der Waals surface area contributed by atoms with Crippen molar-refractivity contribution < 1.29 is 23.2 Å². The Morgan fingerprint density at radius 1 is 1.24 bits per heavy atom. The van der Waals surface area contributed by atoms with Crippen LogP contribution in [-0.2, 0) is 0 Å². The smallest absolute Gasteiger partial charge is 0.254 e. The average Bonchev–Trinajstić information content (AvgIpc) is 2.50. The minimum absolute atomic E-state index is 0.0981. The lowest BCUT2D eigenvalue weighted by atomic mass is 9.95. The lowest BCUT2D eigenvalue weighted by molar-refractivity contribution is 0.0707. The zero-order chi connectivity index (χ0) is 15.6. The summed E-state index contributed by atoms with van der Waals surface area (Å²) < 4.78 is 39.1. The molecule has 1 aromatic rings. The van der Waals surface area contributed by atoms with Gasteiger partial charge >= 0.3 is 0 Å². The fraction of sp³-hybridized carbons (Fsp3) is 0.385. The quantitative estimate of drug-likeness (QED) is 0.287. The summed E-state index contributed by atoms with van der Waals surface area (Å²) in [6.45, 7) is 0.612. The summed E-state index contributed by atoms with van der Waals surface area (Å²) in [6, 6.07) is 1.35. The van der Waals surface area contributed by atoms with E-state index in [-0.39, 0.29) is 17.3 Å². The number of nitrogens with zero attached hydrogens (tertiary/aromatic N) is 2. The number of benzene rings is 1. The Hall–Kier alpha value is -2.25. The maximum Gasteiger partial charge on any atom is 0.254 e. The highest BCUT2D eigenvalue weighted by Crippen LogP contribution is 2.21. The third-order valence-electron chi connectivity index (χ3n) is 3.55. The van der Waals surface area contributed by atoms with E-state index < -0.39 is 23.4 Å². The molecule has 1 heterocycles. The normalized spacial score (nSPS) is 17.1. The van der Waals surface area contributed by atoms with Gasteiger partial charge in [-0.2, -0.15) is 0 Å². The summed E-state index contributed by atoms with van der Waals surface area (Å²) in [7, 11) is 0. The molecule has 1 fully saturated rings. The first-order chi connectivity index (χ1) is 9.93. The Kier molecular flexibility index (Phi) is 4.35. The molecule has 1 aliphatic heterocycles. The van der Waals surface area contributed by atoms with Crippen LogP contribution in [0.1, 0.15) is 23.2 Å². The van der Waals surface area contributed by atoms with E-state index in [1.165, 1.54) is 4.90 Å². The van der Waals surface area contributed by atoms with Gasteiger partial charge in [0.1, 0.15) is 5.84 Å². The van der Waals surface area contributed by atoms with Crippen molar-refractivity contribution in [2.24, 2.45) is 16.8 Å². The molecule has 21 heavy (non-hydrogen) atoms. The third kappa shape index (κ3) is 3.09. The predicted octanol–water partition coefficient (Wildman–Crippen LogP) is 1.70. The molecule has 1 aromatic carbocycles. The second kappa shape index (κ2) is 6.02. The van der Waals surface area contributed by atoms with Crippen LogP contribution in [0.15, 0.2) is 17.3 Å². The van der Waals surface area contributed by atoms with E-state index in [0.717, 1.165) is 0 Å². The van der Waals surface area contributed by atoms with Crippen molar-refractivity contribution in [3.8, 4) is 0 Å². The van der Waals surface area contributed by atoms with E-state index in [1.807, 2.05) is 0 Å². The van der Waals surface area contributed by atoms with Crippen LogP contribution >= 0.6 is 0 Å². The molecule has 1 saturated heterocycles. The van der Waals surface area contributed by atoms with Gasteiger partial charge in [0.05, 0.1) is 0 Å². The maximum absolute atomic E-state index is 13.1. The number of hydrogen-bond acceptors (Lipinski definition) is 3. The van der Waals surface area contributed by atoms with Crippen LogP contribution in [0, 0.1) is 23.4 Å². The number of carbonyl (C=O) groups is 1. The fourth-order valence-corrected chi connectivity index (χ4v) is 2.32. The molecule has 0 unspecified atom stereocenters. The Labute approximate surface area is 118 Å². The summed E-state index contributed by atoms with van der Waals surface area (Å²) in [5.41, 5.74) is 5.25. The highest BCUT2D eigenvalue weighted by Gasteiger charge is 2.27. The van der Waals surface area contributed by atoms with Crippen molar-refractivity contribution in [3.63, 3.8) is 0 Å². The zero-order valence-corrected chi connectivity index (χ0v) is 11.0. The van der Waals surface area contributed by atoms with Crippen molar-refractivity contribution >= 4 is 11.7 Å². The first-order valence-corrected chi connectivity index (χ1v) is 6.35. The van der Waals surface area contributed by atoms with Gasteiger partial charge in [0.15, 0.2) is 17.5 Å². The van der Waals surface area contributed by atoms with Crippen LogP contribution in [0.2, 0.25) is 0 Å². The van der Waals surface area contributed by atoms with E-state index in [0.29, 0.717) is 38.1 Å². The summed E-state index contributed by atoms with van der Waals surface area (Å²) in [5.74, 6) is -5.01. The number of hydrogen-bond donors (Lipinski definition) is 2. The minimum atomic E-state index is -1.60. The molecule has 0 aliphatic carbocycles. The highest BCUT2D eigenvalue weighted by molar-refractivity contribution is 5.94. The van der Waals surface area contributed by atoms with Gasteiger partial charge in [-0.1, -0.05) is 5.16 Å². The number of carbonyl (C=O) groups excluding carboxylic acids is 1. The average molecular weight is 301 g/mol. The van der Waals surface area contributed by atoms with Gasteiger partial charge in [0.2, 0.25) is 0 Å². The second-order valence-corrected chi connectivity index (χ2v) is 4.85. The van der Waals surface area contributed by atoms with Crippen LogP contribution in [0.5, 0.6) is 0 Å². The monoisotopic (exact) mass is 301 g/mol. The first kappa shape index (κ1) is 15.1. The summed E-state index contributed by atoms with van der Waals surface area (Å²) in [4.78, 5) is 13.5. The van der Waals surface area contributed by atoms with Crippen LogP contribution in [0.4, 0.5) is 13.2 Å². The van der Waals surface area contributed by atoms with Crippen LogP contribution in [-0.4, -0.2) is 34.9 Å². The van der Waals surface area contributed by atoms with Gasteiger partial charge < -0.3 is 15.8 Å². The number of oxime groups is 1. The van der Waals surface area contributed by atoms with Crippen molar-refractivity contribution in [1.29, 1.82) is 0 Å². The highest BCUT2D eigenvalue weighted by atomic mass is 19.2. The molecule has 1 aliphatic rings. The van der Waals surface area contributed by atoms with Gasteiger partial charge in [-0.3, -0.25) is 4.79 Å². The summed E-state index contributed by atoms with van der Waals surface area (Å²) >= 11 is 0. The predicted molar refractivity (Wildman–Crippen MR) is 68.4 cm³/mol. The number of halogens is 3. The van der Waals surface area contributed by atoms with Gasteiger partial charge in [-0.05, 0) is 25.0 Å². The molecule has 3 N–H and O–H groups in total. The molecule has 0 spiro atoms. The van der Waals surface area contributed by atoms with E-state index in [1.54, 1.807) is 0 Å². The Balaban J connectivity index is 2.09. The Morgan fingerprint density at radius 3 is 2.24 bits per heavy atom. The Morgan fingerprint density at radius 2 is 1.76 bits per heavy atom. The molecule has 0 aromatic heterocycles. The molecule has 8 heteroatoms. The van der Waals surface area contributed by atoms with Gasteiger partial charge in [0, 0.05) is 24.6 Å². The van der Waals surface area contributed by atoms with Crippen molar-refractivity contribution in [2.45, 2.75) is 12.8 Å². The SMILES string of the molecule is NC(=NO)C1CCN(C(=O)c2cc(F)c(F)c(F)c2)CC1. The van der Waals surface area contributed by atoms with E-state index >= 15 is 0 Å². The molecule has 0 bridgehead atoms. The standard InChI is InChI=1S/C13H14F3N3O2/c14-9-5-8(6-10(15)11(9)16)13(20)19-3-1-7(2-4-19)12(17)18-21/h5-7,21H,1-4H2,(H2,17,18). The second-order valence-electron chi connectivity index (χ2n) is 4.85. The Bertz CT molecular complexity index is 561. The zero-order valence-electron chi connectivity index (χ0n) is 11.0. The molecule has 5 nitrogen and oxygen atoms in total. The first-order valence-electron chi connectivity index (χ1n) is 6.35. The number of likely N-dealkylation sites (tertiary alicyclic amines) is 1. The van der Waals surface area contributed by atoms with Gasteiger partial charge in [-0.25, -0.2) is 13.2 Å². The van der Waals surface area contributed by atoms with E-state index in [9.17, 15) is 18.0 Å². The number of amidine groups is 1. The number of amides is 1. The van der Waals surface area contributed by atoms with Crippen LogP contribution in [0.25, 0.3) is 0 Å². The topological polar surface area (TPSA) is 78.9 Å². The number of nitrogens with two attached hydrogens (primary N) is 1. The summed E-state index contributed by atoms with van der Waals surface area (Å²) in [6.07, 6.45) is 0.960. The molecular formula is C13H14F3N3O2. The number of rotatable bonds is 2. The lowest BCUT2D eigenvalue weighted by Crippen LogP contribution is -2.41. The molecule has 0 atom stereocenters. The molecular weight excluding hydrogens is 287 g/mol. The van der Waals surface area contributed by atoms with Gasteiger partial charge in [0.25, 0.3) is 5.91 Å². The van der Waals surface area contributed by atoms with Crippen molar-refractivity contribution in [1.82, 2.24) is 4.90 Å². The molecule has 2 rings (SSSR count). The molecule has 0 radical (unpaired) electrons. The largest absolute Gasteiger partial charge is 0.409 e. The van der Waals surface area contributed by atoms with Crippen LogP contribution < -0.4 is 5.73 Å². The third-order valence-corrected chi connectivity index (χ3v) is 3.55. The van der Waals surface area contributed by atoms with Crippen LogP contribution in [0.3, 0.4) is 0 Å². The van der Waals surface area contributed by atoms with Gasteiger partial charge in [-0.15, -0.1) is 0 Å². The summed E-state index contributed by atoms with van der Waals surface area (Å²) in [5, 5.41) is 11.5. The minimum Gasteiger partial charge on any atom is -0.409 e. The molecule has 1 amide bonds. The lowest BCUT2D eigenvalue weighted by Gasteiger charge is -2.31. The fourth-order valence-electron chi connectivity index (χ4n) is 2.32. The van der Waals surface area contributed by atoms with Crippen molar-refractivity contribution in [3.05, 3.63) is 35.1 Å². The molecule has 114 valence electrons. The molecule has 0 saturated carbocycles. The van der Waals surface area contributed by atoms with E-state index in [2.05, 4.69) is 5.16 Å². The number of piperidine rings is 1. The van der Waals surface area contributed by atoms with Crippen molar-refractivity contribution in [2.75, 3.05) is 13.1 Å². The van der Waals surface area contributed by atoms with E-state index in [4.69, 9.17) is 10.9 Å².